The number of nitrogens with zero attached hydrogens (tertiary/aromatic N) is 1. The predicted octanol–water partition coefficient (Wildman–Crippen LogP) is 4.03. The molecule has 0 aliphatic rings. The van der Waals surface area contributed by atoms with Crippen LogP contribution < -0.4 is 20.5 Å². The fourth-order valence-electron chi connectivity index (χ4n) is 3.24. The minimum atomic E-state index is -0.588. The molecule has 0 saturated heterocycles. The maximum absolute atomic E-state index is 12.5. The molecular weight excluding hydrogens is 406 g/mol. The predicted molar refractivity (Wildman–Crippen MR) is 123 cm³/mol. The Balaban J connectivity index is 1.72. The molecule has 1 aromatic heterocycles. The van der Waals surface area contributed by atoms with Gasteiger partial charge in [0.1, 0.15) is 11.5 Å². The largest absolute Gasteiger partial charge is 0.497 e. The molecule has 0 fully saturated rings. The summed E-state index contributed by atoms with van der Waals surface area (Å²) in [4.78, 5) is 28.5. The van der Waals surface area contributed by atoms with Crippen molar-refractivity contribution in [3.8, 4) is 22.8 Å². The van der Waals surface area contributed by atoms with Crippen LogP contribution in [0.5, 0.6) is 11.5 Å². The first-order valence-corrected chi connectivity index (χ1v) is 9.90. The average molecular weight is 427 g/mol. The van der Waals surface area contributed by atoms with E-state index in [0.717, 1.165) is 11.3 Å². The Kier molecular flexibility index (Phi) is 5.98. The Morgan fingerprint density at radius 1 is 0.969 bits per heavy atom. The van der Waals surface area contributed by atoms with Crippen molar-refractivity contribution in [2.24, 2.45) is 5.73 Å². The molecule has 32 heavy (non-hydrogen) atoms. The fraction of sp³-hybridized carbons (Fsp3) is 0.0800. The molecule has 3 aromatic carbocycles. The highest BCUT2D eigenvalue weighted by molar-refractivity contribution is 6.05. The van der Waals surface area contributed by atoms with Crippen LogP contribution in [0, 0.1) is 0 Å². The molecule has 0 atom stereocenters. The lowest BCUT2D eigenvalue weighted by molar-refractivity contribution is -0.119. The van der Waals surface area contributed by atoms with E-state index in [1.54, 1.807) is 55.6 Å². The molecule has 4 aromatic rings. The van der Waals surface area contributed by atoms with Crippen molar-refractivity contribution in [3.63, 3.8) is 0 Å². The van der Waals surface area contributed by atoms with Crippen LogP contribution in [-0.4, -0.2) is 30.5 Å². The average Bonchev–Trinajstić information content (AvgIpc) is 2.83. The Bertz CT molecular complexity index is 1270. The maximum Gasteiger partial charge on any atom is 0.255 e. The summed E-state index contributed by atoms with van der Waals surface area (Å²) < 4.78 is 10.9. The zero-order valence-electron chi connectivity index (χ0n) is 17.4. The van der Waals surface area contributed by atoms with Gasteiger partial charge in [-0.15, -0.1) is 0 Å². The van der Waals surface area contributed by atoms with Crippen molar-refractivity contribution in [2.45, 2.75) is 0 Å². The van der Waals surface area contributed by atoms with E-state index < -0.39 is 5.91 Å². The van der Waals surface area contributed by atoms with E-state index >= 15 is 0 Å². The van der Waals surface area contributed by atoms with E-state index in [2.05, 4.69) is 5.32 Å². The third kappa shape index (κ3) is 4.67. The lowest BCUT2D eigenvalue weighted by atomic mass is 10.1. The smallest absolute Gasteiger partial charge is 0.255 e. The van der Waals surface area contributed by atoms with Gasteiger partial charge in [0.15, 0.2) is 6.61 Å². The number of benzene rings is 3. The molecule has 0 saturated carbocycles. The van der Waals surface area contributed by atoms with E-state index in [4.69, 9.17) is 20.2 Å². The molecule has 0 unspecified atom stereocenters. The lowest BCUT2D eigenvalue weighted by Gasteiger charge is -2.13. The molecule has 160 valence electrons. The highest BCUT2D eigenvalue weighted by Crippen LogP contribution is 2.32. The minimum absolute atomic E-state index is 0.229. The normalized spacial score (nSPS) is 10.5. The number of ether oxygens (including phenoxy) is 2. The van der Waals surface area contributed by atoms with Crippen LogP contribution in [0.4, 0.5) is 5.69 Å². The third-order valence-corrected chi connectivity index (χ3v) is 4.82. The number of fused-ring (bicyclic) bond motifs is 1. The molecule has 0 spiro atoms. The summed E-state index contributed by atoms with van der Waals surface area (Å²) in [6.07, 6.45) is 0. The molecule has 1 heterocycles. The Hall–Kier alpha value is -4.39. The van der Waals surface area contributed by atoms with Crippen molar-refractivity contribution < 1.29 is 19.1 Å². The Morgan fingerprint density at radius 3 is 2.41 bits per heavy atom. The second-order valence-electron chi connectivity index (χ2n) is 7.04. The third-order valence-electron chi connectivity index (χ3n) is 4.82. The number of carbonyl (C=O) groups is 2. The summed E-state index contributed by atoms with van der Waals surface area (Å²) in [5, 5.41) is 3.52. The highest BCUT2D eigenvalue weighted by atomic mass is 16.5. The van der Waals surface area contributed by atoms with E-state index in [0.29, 0.717) is 33.6 Å². The summed E-state index contributed by atoms with van der Waals surface area (Å²) in [5.74, 6) is 0.357. The second kappa shape index (κ2) is 9.18. The van der Waals surface area contributed by atoms with Crippen molar-refractivity contribution in [1.29, 1.82) is 0 Å². The second-order valence-corrected chi connectivity index (χ2v) is 7.04. The number of rotatable bonds is 7. The SMILES string of the molecule is COc1ccc(-c2cc(OCC(N)=O)c3cc(NC(=O)c4ccccc4)ccc3n2)cc1. The van der Waals surface area contributed by atoms with E-state index in [9.17, 15) is 9.59 Å². The number of nitrogens with one attached hydrogen (secondary N) is 1. The molecular formula is C25H21N3O4. The number of amides is 2. The monoisotopic (exact) mass is 427 g/mol. The standard InChI is InChI=1S/C25H21N3O4/c1-31-19-10-7-16(8-11-19)22-14-23(32-15-24(26)29)20-13-18(9-12-21(20)28-22)27-25(30)17-5-3-2-4-6-17/h2-14H,15H2,1H3,(H2,26,29)(H,27,30). The van der Waals surface area contributed by atoms with Gasteiger partial charge in [-0.2, -0.15) is 0 Å². The number of methoxy groups -OCH3 is 1. The molecule has 3 N–H and O–H groups in total. The van der Waals surface area contributed by atoms with Gasteiger partial charge in [-0.05, 0) is 54.6 Å². The minimum Gasteiger partial charge on any atom is -0.497 e. The maximum atomic E-state index is 12.5. The number of hydrogen-bond donors (Lipinski definition) is 2. The van der Waals surface area contributed by atoms with Gasteiger partial charge in [-0.25, -0.2) is 4.98 Å². The number of carbonyl (C=O) groups excluding carboxylic acids is 2. The molecule has 4 rings (SSSR count). The summed E-state index contributed by atoms with van der Waals surface area (Å²) in [5.41, 5.74) is 8.58. The van der Waals surface area contributed by atoms with E-state index in [1.165, 1.54) is 0 Å². The molecule has 0 radical (unpaired) electrons. The molecule has 0 aliphatic heterocycles. The van der Waals surface area contributed by atoms with Crippen LogP contribution >= 0.6 is 0 Å². The lowest BCUT2D eigenvalue weighted by Crippen LogP contribution is -2.20. The van der Waals surface area contributed by atoms with Gasteiger partial charge in [0, 0.05) is 28.3 Å². The number of aromatic nitrogens is 1. The molecule has 7 nitrogen and oxygen atoms in total. The van der Waals surface area contributed by atoms with Crippen LogP contribution in [0.1, 0.15) is 10.4 Å². The molecule has 2 amide bonds. The highest BCUT2D eigenvalue weighted by Gasteiger charge is 2.13. The van der Waals surface area contributed by atoms with E-state index in [1.807, 2.05) is 30.3 Å². The number of primary amides is 1. The van der Waals surface area contributed by atoms with Gasteiger partial charge in [0.05, 0.1) is 18.3 Å². The van der Waals surface area contributed by atoms with Crippen LogP contribution in [0.2, 0.25) is 0 Å². The van der Waals surface area contributed by atoms with Gasteiger partial charge >= 0.3 is 0 Å². The zero-order chi connectivity index (χ0) is 22.5. The first-order chi connectivity index (χ1) is 15.5. The Labute approximate surface area is 184 Å². The Morgan fingerprint density at radius 2 is 1.72 bits per heavy atom. The van der Waals surface area contributed by atoms with Gasteiger partial charge < -0.3 is 20.5 Å². The summed E-state index contributed by atoms with van der Waals surface area (Å²) in [7, 11) is 1.60. The number of pyridine rings is 1. The summed E-state index contributed by atoms with van der Waals surface area (Å²) in [6.45, 7) is -0.276. The van der Waals surface area contributed by atoms with Crippen molar-refractivity contribution in [1.82, 2.24) is 4.98 Å². The van der Waals surface area contributed by atoms with Crippen LogP contribution in [0.15, 0.2) is 78.9 Å². The zero-order valence-corrected chi connectivity index (χ0v) is 17.4. The molecule has 0 aliphatic carbocycles. The summed E-state index contributed by atoms with van der Waals surface area (Å²) >= 11 is 0. The van der Waals surface area contributed by atoms with Crippen LogP contribution in [0.25, 0.3) is 22.2 Å². The van der Waals surface area contributed by atoms with Crippen molar-refractivity contribution in [3.05, 3.63) is 84.4 Å². The van der Waals surface area contributed by atoms with Gasteiger partial charge in [0.25, 0.3) is 11.8 Å². The molecule has 7 heteroatoms. The molecule has 0 bridgehead atoms. The van der Waals surface area contributed by atoms with Crippen molar-refractivity contribution >= 4 is 28.4 Å². The van der Waals surface area contributed by atoms with E-state index in [-0.39, 0.29) is 12.5 Å². The van der Waals surface area contributed by atoms with Crippen LogP contribution in [-0.2, 0) is 4.79 Å². The van der Waals surface area contributed by atoms with Crippen molar-refractivity contribution in [2.75, 3.05) is 19.0 Å². The van der Waals surface area contributed by atoms with Gasteiger partial charge in [-0.3, -0.25) is 9.59 Å². The first-order valence-electron chi connectivity index (χ1n) is 9.90. The fourth-order valence-corrected chi connectivity index (χ4v) is 3.24. The van der Waals surface area contributed by atoms with Gasteiger partial charge in [-0.1, -0.05) is 18.2 Å². The summed E-state index contributed by atoms with van der Waals surface area (Å²) in [6, 6.07) is 23.5. The quantitative estimate of drug-likeness (QED) is 0.464. The van der Waals surface area contributed by atoms with Gasteiger partial charge in [0.2, 0.25) is 0 Å². The first kappa shape index (κ1) is 20.9. The number of nitrogens with two attached hydrogens (primary N) is 1. The topological polar surface area (TPSA) is 104 Å². The van der Waals surface area contributed by atoms with Crippen LogP contribution in [0.3, 0.4) is 0 Å². The number of hydrogen-bond acceptors (Lipinski definition) is 5. The number of anilines is 1.